The summed E-state index contributed by atoms with van der Waals surface area (Å²) in [6, 6.07) is 69.4. The van der Waals surface area contributed by atoms with E-state index in [1.165, 1.54) is 16.3 Å². The first-order valence-corrected chi connectivity index (χ1v) is 18.0. The van der Waals surface area contributed by atoms with Crippen LogP contribution < -0.4 is 0 Å². The maximum Gasteiger partial charge on any atom is 0.187 e. The van der Waals surface area contributed by atoms with E-state index in [1.807, 2.05) is 48.5 Å². The number of hydrogen-bond donors (Lipinski definition) is 0. The lowest BCUT2D eigenvalue weighted by atomic mass is 9.88. The Morgan fingerprint density at radius 3 is 1.54 bits per heavy atom. The fourth-order valence-corrected chi connectivity index (χ4v) is 7.31. The van der Waals surface area contributed by atoms with Crippen LogP contribution in [0.2, 0.25) is 0 Å². The monoisotopic (exact) mass is 687 g/mol. The van der Waals surface area contributed by atoms with Crippen molar-refractivity contribution in [1.29, 1.82) is 0 Å². The molecule has 0 aliphatic heterocycles. The van der Waals surface area contributed by atoms with Crippen molar-refractivity contribution in [3.8, 4) is 78.4 Å². The van der Waals surface area contributed by atoms with Crippen molar-refractivity contribution in [1.82, 2.24) is 9.97 Å². The van der Waals surface area contributed by atoms with E-state index in [0.29, 0.717) is 11.5 Å². The Labute approximate surface area is 315 Å². The third kappa shape index (κ3) is 6.23. The fraction of sp³-hybridized carbons (Fsp3) is 0. The summed E-state index contributed by atoms with van der Waals surface area (Å²) in [6.45, 7) is 7.52. The molecule has 0 amide bonds. The summed E-state index contributed by atoms with van der Waals surface area (Å²) in [5.41, 5.74) is 14.2. The van der Waals surface area contributed by atoms with Crippen LogP contribution in [0.1, 0.15) is 0 Å². The van der Waals surface area contributed by atoms with Gasteiger partial charge >= 0.3 is 0 Å². The molecule has 54 heavy (non-hydrogen) atoms. The summed E-state index contributed by atoms with van der Waals surface area (Å²) in [5.74, 6) is 0.686. The van der Waals surface area contributed by atoms with Gasteiger partial charge < -0.3 is 0 Å². The maximum absolute atomic E-state index is 7.52. The average Bonchev–Trinajstić information content (AvgIpc) is 3.26. The molecule has 0 saturated heterocycles. The molecule has 3 heteroatoms. The summed E-state index contributed by atoms with van der Waals surface area (Å²) in [7, 11) is 0. The Kier molecular flexibility index (Phi) is 8.61. The molecule has 0 bridgehead atoms. The third-order valence-corrected chi connectivity index (χ3v) is 9.91. The Morgan fingerprint density at radius 1 is 0.352 bits per heavy atom. The summed E-state index contributed by atoms with van der Waals surface area (Å²) >= 11 is 0. The van der Waals surface area contributed by atoms with Gasteiger partial charge in [-0.1, -0.05) is 188 Å². The minimum absolute atomic E-state index is 0.635. The van der Waals surface area contributed by atoms with E-state index in [0.717, 1.165) is 67.0 Å². The molecule has 0 unspecified atom stereocenters. The van der Waals surface area contributed by atoms with Gasteiger partial charge in [0.05, 0.1) is 18.0 Å². The van der Waals surface area contributed by atoms with E-state index >= 15 is 0 Å². The highest BCUT2D eigenvalue weighted by Gasteiger charge is 2.21. The molecule has 1 heterocycles. The van der Waals surface area contributed by atoms with Gasteiger partial charge in [-0.2, -0.15) is 0 Å². The Hall–Kier alpha value is -7.41. The number of benzene rings is 8. The van der Waals surface area contributed by atoms with Crippen LogP contribution in [0.4, 0.5) is 5.69 Å². The smallest absolute Gasteiger partial charge is 0.187 e. The topological polar surface area (TPSA) is 30.1 Å². The summed E-state index contributed by atoms with van der Waals surface area (Å²) in [6.07, 6.45) is 0. The fourth-order valence-electron chi connectivity index (χ4n) is 7.31. The van der Waals surface area contributed by atoms with Gasteiger partial charge in [-0.15, -0.1) is 0 Å². The van der Waals surface area contributed by atoms with Crippen molar-refractivity contribution in [3.63, 3.8) is 0 Å². The molecular weight excluding hydrogens is 655 g/mol. The van der Waals surface area contributed by atoms with Crippen LogP contribution in [0.3, 0.4) is 0 Å². The highest BCUT2D eigenvalue weighted by atomic mass is 14.9. The molecule has 0 N–H and O–H groups in total. The normalized spacial score (nSPS) is 10.9. The third-order valence-electron chi connectivity index (χ3n) is 9.91. The van der Waals surface area contributed by atoms with E-state index in [9.17, 15) is 0 Å². The zero-order valence-electron chi connectivity index (χ0n) is 29.4. The van der Waals surface area contributed by atoms with Gasteiger partial charge in [-0.25, -0.2) is 14.8 Å². The van der Waals surface area contributed by atoms with E-state index in [2.05, 4.69) is 157 Å². The quantitative estimate of drug-likeness (QED) is 0.156. The predicted molar refractivity (Wildman–Crippen MR) is 224 cm³/mol. The van der Waals surface area contributed by atoms with Gasteiger partial charge in [-0.3, -0.25) is 0 Å². The lowest BCUT2D eigenvalue weighted by Crippen LogP contribution is -2.00. The largest absolute Gasteiger partial charge is 0.238 e. The number of nitrogens with zero attached hydrogens (tertiary/aromatic N) is 3. The SMILES string of the molecule is [C-]#[N+]c1cccc(-c2cccc(-c3ccc4ccccc4c3-c3ccc(-c4nc(-c5ccccc5)nc(-c5ccccc5)c4-c4ccccc4)cc3)c2)c1. The Morgan fingerprint density at radius 2 is 0.852 bits per heavy atom. The molecule has 0 aliphatic carbocycles. The molecule has 1 aromatic heterocycles. The average molecular weight is 688 g/mol. The van der Waals surface area contributed by atoms with E-state index in [1.54, 1.807) is 0 Å². The van der Waals surface area contributed by atoms with Crippen molar-refractivity contribution in [3.05, 3.63) is 212 Å². The van der Waals surface area contributed by atoms with Crippen molar-refractivity contribution < 1.29 is 0 Å². The molecule has 0 spiro atoms. The molecule has 8 aromatic carbocycles. The van der Waals surface area contributed by atoms with E-state index < -0.39 is 0 Å². The summed E-state index contributed by atoms with van der Waals surface area (Å²) in [5, 5.41) is 2.37. The minimum atomic E-state index is 0.635. The lowest BCUT2D eigenvalue weighted by molar-refractivity contribution is 1.18. The zero-order chi connectivity index (χ0) is 36.3. The lowest BCUT2D eigenvalue weighted by Gasteiger charge is -2.18. The Bertz CT molecular complexity index is 2800. The molecule has 252 valence electrons. The van der Waals surface area contributed by atoms with Crippen molar-refractivity contribution in [2.45, 2.75) is 0 Å². The van der Waals surface area contributed by atoms with Crippen molar-refractivity contribution in [2.24, 2.45) is 0 Å². The minimum Gasteiger partial charge on any atom is -0.238 e. The van der Waals surface area contributed by atoms with Gasteiger partial charge in [0.1, 0.15) is 0 Å². The molecule has 0 fully saturated rings. The van der Waals surface area contributed by atoms with Gasteiger partial charge in [0.25, 0.3) is 0 Å². The highest BCUT2D eigenvalue weighted by molar-refractivity contribution is 6.05. The van der Waals surface area contributed by atoms with Gasteiger partial charge in [0.2, 0.25) is 0 Å². The molecule has 9 rings (SSSR count). The predicted octanol–water partition coefficient (Wildman–Crippen LogP) is 13.8. The van der Waals surface area contributed by atoms with E-state index in [-0.39, 0.29) is 0 Å². The molecule has 0 saturated carbocycles. The van der Waals surface area contributed by atoms with Gasteiger partial charge in [0, 0.05) is 22.3 Å². The molecule has 0 atom stereocenters. The van der Waals surface area contributed by atoms with E-state index in [4.69, 9.17) is 16.5 Å². The molecule has 0 radical (unpaired) electrons. The first kappa shape index (κ1) is 32.5. The number of hydrogen-bond acceptors (Lipinski definition) is 2. The van der Waals surface area contributed by atoms with Crippen LogP contribution in [0.5, 0.6) is 0 Å². The first-order valence-electron chi connectivity index (χ1n) is 18.0. The molecule has 9 aromatic rings. The van der Waals surface area contributed by atoms with Crippen LogP contribution in [0, 0.1) is 6.57 Å². The first-order chi connectivity index (χ1) is 26.7. The Balaban J connectivity index is 1.23. The van der Waals surface area contributed by atoms with Crippen LogP contribution in [-0.4, -0.2) is 9.97 Å². The second kappa shape index (κ2) is 14.3. The second-order valence-corrected chi connectivity index (χ2v) is 13.2. The number of fused-ring (bicyclic) bond motifs is 1. The van der Waals surface area contributed by atoms with Crippen molar-refractivity contribution >= 4 is 16.5 Å². The highest BCUT2D eigenvalue weighted by Crippen LogP contribution is 2.43. The van der Waals surface area contributed by atoms with Crippen LogP contribution in [0.15, 0.2) is 200 Å². The molecule has 3 nitrogen and oxygen atoms in total. The number of aromatic nitrogens is 2. The van der Waals surface area contributed by atoms with Gasteiger partial charge in [0.15, 0.2) is 11.5 Å². The van der Waals surface area contributed by atoms with Crippen molar-refractivity contribution in [2.75, 3.05) is 0 Å². The zero-order valence-corrected chi connectivity index (χ0v) is 29.4. The van der Waals surface area contributed by atoms with Crippen LogP contribution in [-0.2, 0) is 0 Å². The summed E-state index contributed by atoms with van der Waals surface area (Å²) < 4.78 is 0. The van der Waals surface area contributed by atoms with Crippen LogP contribution in [0.25, 0.3) is 94.0 Å². The second-order valence-electron chi connectivity index (χ2n) is 13.2. The molecular formula is C51H33N3. The van der Waals surface area contributed by atoms with Gasteiger partial charge in [-0.05, 0) is 61.8 Å². The standard InChI is InChI=1S/C51H33N3/c1-52-44-25-14-23-42(34-44)41-22-13-24-43(33-41)46-32-31-35-15-11-12-26-45(35)47(46)37-27-29-39(30-28-37)50-48(36-16-5-2-6-17-36)49(38-18-7-3-8-19-38)53-51(54-50)40-20-9-4-10-21-40/h2-34H. The van der Waals surface area contributed by atoms with Crippen LogP contribution >= 0.6 is 0 Å². The molecule has 0 aliphatic rings. The maximum atomic E-state index is 7.52. The summed E-state index contributed by atoms with van der Waals surface area (Å²) in [4.78, 5) is 14.2. The number of rotatable bonds is 7.